The zero-order chi connectivity index (χ0) is 11.3. The predicted molar refractivity (Wildman–Crippen MR) is 59.9 cm³/mol. The molecule has 0 aliphatic heterocycles. The minimum atomic E-state index is -1.16. The Kier molecular flexibility index (Phi) is 4.39. The van der Waals surface area contributed by atoms with Crippen molar-refractivity contribution >= 4 is 17.7 Å². The van der Waals surface area contributed by atoms with Gasteiger partial charge < -0.3 is 10.2 Å². The molecule has 0 saturated heterocycles. The van der Waals surface area contributed by atoms with Gasteiger partial charge in [-0.3, -0.25) is 0 Å². The molecule has 1 aromatic rings. The van der Waals surface area contributed by atoms with E-state index >= 15 is 0 Å². The fourth-order valence-electron chi connectivity index (χ4n) is 0.935. The van der Waals surface area contributed by atoms with Gasteiger partial charge in [0.05, 0.1) is 11.7 Å². The molecule has 0 saturated carbocycles. The van der Waals surface area contributed by atoms with Gasteiger partial charge in [0.25, 0.3) is 0 Å². The van der Waals surface area contributed by atoms with Crippen LogP contribution in [-0.4, -0.2) is 28.0 Å². The van der Waals surface area contributed by atoms with Crippen LogP contribution in [0.3, 0.4) is 0 Å². The number of carbonyl (C=O) groups is 1. The highest BCUT2D eigenvalue weighted by molar-refractivity contribution is 7.99. The number of aliphatic hydroxyl groups is 1. The lowest BCUT2D eigenvalue weighted by atomic mass is 10.2. The maximum atomic E-state index is 10.5. The summed E-state index contributed by atoms with van der Waals surface area (Å²) >= 11 is 1.40. The van der Waals surface area contributed by atoms with E-state index in [1.54, 1.807) is 0 Å². The van der Waals surface area contributed by atoms with E-state index in [0.29, 0.717) is 5.75 Å². The summed E-state index contributed by atoms with van der Waals surface area (Å²) in [4.78, 5) is 11.5. The normalized spacial score (nSPS) is 12.1. The number of benzene rings is 1. The van der Waals surface area contributed by atoms with E-state index in [1.807, 2.05) is 30.3 Å². The van der Waals surface area contributed by atoms with Crippen molar-refractivity contribution in [3.8, 4) is 0 Å². The molecule has 80 valence electrons. The first-order chi connectivity index (χ1) is 7.11. The van der Waals surface area contributed by atoms with E-state index in [4.69, 9.17) is 5.11 Å². The van der Waals surface area contributed by atoms with Gasteiger partial charge in [0, 0.05) is 10.6 Å². The maximum Gasteiger partial charge on any atom is 0.333 e. The summed E-state index contributed by atoms with van der Waals surface area (Å²) in [6, 6.07) is 9.49. The summed E-state index contributed by atoms with van der Waals surface area (Å²) in [6.07, 6.45) is -1.01. The third-order valence-electron chi connectivity index (χ3n) is 1.83. The summed E-state index contributed by atoms with van der Waals surface area (Å²) in [7, 11) is 0. The third kappa shape index (κ3) is 3.77. The lowest BCUT2D eigenvalue weighted by molar-refractivity contribution is -0.133. The second kappa shape index (κ2) is 5.58. The molecule has 2 N–H and O–H groups in total. The SMILES string of the molecule is C=C(C(=O)O)C(O)CSc1ccccc1. The molecule has 0 fully saturated rings. The molecule has 0 radical (unpaired) electrons. The Morgan fingerprint density at radius 3 is 2.53 bits per heavy atom. The van der Waals surface area contributed by atoms with Gasteiger partial charge in [0.15, 0.2) is 0 Å². The molecule has 0 aromatic heterocycles. The number of carboxylic acid groups (broad SMARTS) is 1. The quantitative estimate of drug-likeness (QED) is 0.591. The molecule has 15 heavy (non-hydrogen) atoms. The van der Waals surface area contributed by atoms with Crippen LogP contribution in [0.1, 0.15) is 0 Å². The molecule has 3 nitrogen and oxygen atoms in total. The Bertz CT molecular complexity index is 348. The van der Waals surface area contributed by atoms with Gasteiger partial charge >= 0.3 is 5.97 Å². The zero-order valence-corrected chi connectivity index (χ0v) is 8.91. The number of thioether (sulfide) groups is 1. The van der Waals surface area contributed by atoms with Crippen LogP contribution in [0, 0.1) is 0 Å². The lowest BCUT2D eigenvalue weighted by Gasteiger charge is -2.09. The average Bonchev–Trinajstić information content (AvgIpc) is 2.26. The van der Waals surface area contributed by atoms with Crippen LogP contribution >= 0.6 is 11.8 Å². The Morgan fingerprint density at radius 2 is 2.00 bits per heavy atom. The molecule has 0 amide bonds. The lowest BCUT2D eigenvalue weighted by Crippen LogP contribution is -2.18. The molecule has 1 rings (SSSR count). The van der Waals surface area contributed by atoms with Crippen molar-refractivity contribution in [1.29, 1.82) is 0 Å². The average molecular weight is 224 g/mol. The van der Waals surface area contributed by atoms with Crippen LogP contribution in [0.15, 0.2) is 47.4 Å². The highest BCUT2D eigenvalue weighted by Crippen LogP contribution is 2.19. The number of hydrogen-bond donors (Lipinski definition) is 2. The van der Waals surface area contributed by atoms with Crippen molar-refractivity contribution in [2.24, 2.45) is 0 Å². The van der Waals surface area contributed by atoms with Crippen LogP contribution in [0.2, 0.25) is 0 Å². The van der Waals surface area contributed by atoms with Crippen LogP contribution < -0.4 is 0 Å². The maximum absolute atomic E-state index is 10.5. The minimum Gasteiger partial charge on any atom is -0.478 e. The summed E-state index contributed by atoms with van der Waals surface area (Å²) in [5.41, 5.74) is -0.168. The minimum absolute atomic E-state index is 0.168. The van der Waals surface area contributed by atoms with Crippen LogP contribution in [0.25, 0.3) is 0 Å². The number of rotatable bonds is 5. The second-order valence-electron chi connectivity index (χ2n) is 2.97. The molecule has 1 unspecified atom stereocenters. The summed E-state index contributed by atoms with van der Waals surface area (Å²) in [5, 5.41) is 18.0. The van der Waals surface area contributed by atoms with Crippen LogP contribution in [-0.2, 0) is 4.79 Å². The Hall–Kier alpha value is -1.26. The molecule has 1 atom stereocenters. The van der Waals surface area contributed by atoms with Crippen molar-refractivity contribution in [1.82, 2.24) is 0 Å². The van der Waals surface area contributed by atoms with Crippen LogP contribution in [0.5, 0.6) is 0 Å². The molecule has 4 heteroatoms. The molecular formula is C11H12O3S. The van der Waals surface area contributed by atoms with Crippen molar-refractivity contribution in [2.75, 3.05) is 5.75 Å². The molecule has 0 aliphatic rings. The molecular weight excluding hydrogens is 212 g/mol. The van der Waals surface area contributed by atoms with E-state index in [2.05, 4.69) is 6.58 Å². The van der Waals surface area contributed by atoms with Gasteiger partial charge in [0.1, 0.15) is 0 Å². The van der Waals surface area contributed by atoms with E-state index in [-0.39, 0.29) is 5.57 Å². The van der Waals surface area contributed by atoms with Gasteiger partial charge in [-0.15, -0.1) is 11.8 Å². The first kappa shape index (κ1) is 11.8. The van der Waals surface area contributed by atoms with E-state index in [9.17, 15) is 9.90 Å². The van der Waals surface area contributed by atoms with E-state index < -0.39 is 12.1 Å². The Labute approximate surface area is 92.4 Å². The summed E-state index contributed by atoms with van der Waals surface area (Å²) in [5.74, 6) is -0.856. The summed E-state index contributed by atoms with van der Waals surface area (Å²) in [6.45, 7) is 3.30. The number of carboxylic acids is 1. The van der Waals surface area contributed by atoms with E-state index in [1.165, 1.54) is 11.8 Å². The predicted octanol–water partition coefficient (Wildman–Crippen LogP) is 1.78. The van der Waals surface area contributed by atoms with Crippen molar-refractivity contribution in [2.45, 2.75) is 11.0 Å². The Morgan fingerprint density at radius 1 is 1.40 bits per heavy atom. The van der Waals surface area contributed by atoms with Gasteiger partial charge in [-0.05, 0) is 12.1 Å². The summed E-state index contributed by atoms with van der Waals surface area (Å²) < 4.78 is 0. The molecule has 0 spiro atoms. The van der Waals surface area contributed by atoms with Crippen molar-refractivity contribution in [3.05, 3.63) is 42.5 Å². The van der Waals surface area contributed by atoms with Gasteiger partial charge in [-0.25, -0.2) is 4.79 Å². The van der Waals surface area contributed by atoms with Crippen LogP contribution in [0.4, 0.5) is 0 Å². The van der Waals surface area contributed by atoms with Gasteiger partial charge in [-0.2, -0.15) is 0 Å². The molecule has 0 heterocycles. The zero-order valence-electron chi connectivity index (χ0n) is 8.09. The standard InChI is InChI=1S/C11H12O3S/c1-8(11(13)14)10(12)7-15-9-5-3-2-4-6-9/h2-6,10,12H,1,7H2,(H,13,14). The number of aliphatic hydroxyl groups excluding tert-OH is 1. The first-order valence-corrected chi connectivity index (χ1v) is 5.38. The smallest absolute Gasteiger partial charge is 0.333 e. The monoisotopic (exact) mass is 224 g/mol. The second-order valence-corrected chi connectivity index (χ2v) is 4.06. The molecule has 0 bridgehead atoms. The fourth-order valence-corrected chi connectivity index (χ4v) is 1.84. The molecule has 0 aliphatic carbocycles. The number of aliphatic carboxylic acids is 1. The Balaban J connectivity index is 2.44. The van der Waals surface area contributed by atoms with Crippen molar-refractivity contribution < 1.29 is 15.0 Å². The largest absolute Gasteiger partial charge is 0.478 e. The first-order valence-electron chi connectivity index (χ1n) is 4.39. The van der Waals surface area contributed by atoms with Gasteiger partial charge in [-0.1, -0.05) is 24.8 Å². The third-order valence-corrected chi connectivity index (χ3v) is 2.92. The highest BCUT2D eigenvalue weighted by Gasteiger charge is 2.15. The topological polar surface area (TPSA) is 57.5 Å². The van der Waals surface area contributed by atoms with Crippen molar-refractivity contribution in [3.63, 3.8) is 0 Å². The van der Waals surface area contributed by atoms with Gasteiger partial charge in [0.2, 0.25) is 0 Å². The fraction of sp³-hybridized carbons (Fsp3) is 0.182. The highest BCUT2D eigenvalue weighted by atomic mass is 32.2. The molecule has 1 aromatic carbocycles. The number of hydrogen-bond acceptors (Lipinski definition) is 3. The van der Waals surface area contributed by atoms with E-state index in [0.717, 1.165) is 4.90 Å².